The van der Waals surface area contributed by atoms with E-state index in [9.17, 15) is 9.59 Å². The molecule has 1 unspecified atom stereocenters. The molecule has 0 spiro atoms. The fourth-order valence-corrected chi connectivity index (χ4v) is 5.79. The molecule has 0 aliphatic carbocycles. The molecule has 0 radical (unpaired) electrons. The molecule has 2 heterocycles. The number of carbonyl (C=O) groups is 2. The molecule has 1 aromatic carbocycles. The zero-order valence-electron chi connectivity index (χ0n) is 13.7. The quantitative estimate of drug-likeness (QED) is 0.472. The molecule has 0 amide bonds. The van der Waals surface area contributed by atoms with E-state index in [1.54, 1.807) is 24.3 Å². The molecular formula is C18H23O4S+. The van der Waals surface area contributed by atoms with Crippen LogP contribution in [0.4, 0.5) is 0 Å². The number of cyclic esters (lactones) is 1. The highest BCUT2D eigenvalue weighted by atomic mass is 32.2. The van der Waals surface area contributed by atoms with Crippen LogP contribution in [0.25, 0.3) is 0 Å². The number of rotatable bonds is 5. The summed E-state index contributed by atoms with van der Waals surface area (Å²) in [6, 6.07) is 7.15. The molecule has 0 N–H and O–H groups in total. The Morgan fingerprint density at radius 2 is 1.87 bits per heavy atom. The first-order chi connectivity index (χ1) is 11.0. The molecular weight excluding hydrogens is 312 g/mol. The van der Waals surface area contributed by atoms with E-state index < -0.39 is 6.10 Å². The maximum absolute atomic E-state index is 12.9. The van der Waals surface area contributed by atoms with Gasteiger partial charge in [0.05, 0.1) is 6.61 Å². The number of carbonyl (C=O) groups excluding carboxylic acids is 2. The van der Waals surface area contributed by atoms with Gasteiger partial charge in [0.15, 0.2) is 10.9 Å². The molecule has 1 aromatic rings. The van der Waals surface area contributed by atoms with Gasteiger partial charge >= 0.3 is 5.97 Å². The highest BCUT2D eigenvalue weighted by Crippen LogP contribution is 2.31. The van der Waals surface area contributed by atoms with Gasteiger partial charge in [0.1, 0.15) is 17.3 Å². The van der Waals surface area contributed by atoms with E-state index in [1.807, 2.05) is 0 Å². The lowest BCUT2D eigenvalue weighted by molar-refractivity contribution is -0.143. The second kappa shape index (κ2) is 6.56. The van der Waals surface area contributed by atoms with E-state index in [2.05, 4.69) is 13.8 Å². The minimum absolute atomic E-state index is 0.176. The van der Waals surface area contributed by atoms with E-state index >= 15 is 0 Å². The monoisotopic (exact) mass is 335 g/mol. The van der Waals surface area contributed by atoms with Crippen molar-refractivity contribution >= 4 is 22.6 Å². The highest BCUT2D eigenvalue weighted by Gasteiger charge is 2.47. The molecule has 0 aromatic heterocycles. The zero-order chi connectivity index (χ0) is 16.4. The first kappa shape index (κ1) is 16.4. The molecule has 3 rings (SSSR count). The third kappa shape index (κ3) is 3.39. The number of ether oxygens (including phenoxy) is 2. The minimum atomic E-state index is -0.520. The average molecular weight is 335 g/mol. The highest BCUT2D eigenvalue weighted by molar-refractivity contribution is 7.99. The van der Waals surface area contributed by atoms with E-state index in [0.29, 0.717) is 18.8 Å². The van der Waals surface area contributed by atoms with Crippen molar-refractivity contribution in [1.29, 1.82) is 0 Å². The molecule has 23 heavy (non-hydrogen) atoms. The number of benzene rings is 1. The van der Waals surface area contributed by atoms with Crippen LogP contribution in [0.3, 0.4) is 0 Å². The average Bonchev–Trinajstić information content (AvgIpc) is 3.20. The van der Waals surface area contributed by atoms with Gasteiger partial charge in [-0.25, -0.2) is 4.79 Å². The molecule has 5 heteroatoms. The predicted molar refractivity (Wildman–Crippen MR) is 91.2 cm³/mol. The number of esters is 1. The maximum Gasteiger partial charge on any atom is 0.347 e. The van der Waals surface area contributed by atoms with Gasteiger partial charge in [-0.05, 0) is 51.0 Å². The fraction of sp³-hybridized carbons (Fsp3) is 0.556. The number of hydrogen-bond acceptors (Lipinski definition) is 4. The van der Waals surface area contributed by atoms with Crippen molar-refractivity contribution in [1.82, 2.24) is 0 Å². The molecule has 4 nitrogen and oxygen atoms in total. The van der Waals surface area contributed by atoms with Gasteiger partial charge < -0.3 is 9.47 Å². The zero-order valence-corrected chi connectivity index (χ0v) is 14.5. The van der Waals surface area contributed by atoms with Crippen LogP contribution in [0.5, 0.6) is 5.75 Å². The van der Waals surface area contributed by atoms with Crippen molar-refractivity contribution in [2.45, 2.75) is 44.0 Å². The minimum Gasteiger partial charge on any atom is -0.479 e. The van der Waals surface area contributed by atoms with Gasteiger partial charge in [0.2, 0.25) is 5.78 Å². The Kier molecular flexibility index (Phi) is 4.67. The summed E-state index contributed by atoms with van der Waals surface area (Å²) in [5.74, 6) is 2.84. The largest absolute Gasteiger partial charge is 0.479 e. The predicted octanol–water partition coefficient (Wildman–Crippen LogP) is 2.75. The van der Waals surface area contributed by atoms with Gasteiger partial charge in [-0.1, -0.05) is 0 Å². The second-order valence-electron chi connectivity index (χ2n) is 6.53. The third-order valence-corrected chi connectivity index (χ3v) is 7.77. The Morgan fingerprint density at radius 3 is 2.43 bits per heavy atom. The summed E-state index contributed by atoms with van der Waals surface area (Å²) in [6.07, 6.45) is 2.54. The van der Waals surface area contributed by atoms with E-state index in [1.165, 1.54) is 24.3 Å². The van der Waals surface area contributed by atoms with Crippen molar-refractivity contribution in [3.05, 3.63) is 29.8 Å². The smallest absolute Gasteiger partial charge is 0.347 e. The van der Waals surface area contributed by atoms with Crippen LogP contribution in [0.2, 0.25) is 0 Å². The van der Waals surface area contributed by atoms with Gasteiger partial charge in [-0.3, -0.25) is 4.79 Å². The topological polar surface area (TPSA) is 52.6 Å². The summed E-state index contributed by atoms with van der Waals surface area (Å²) in [4.78, 5) is 24.3. The summed E-state index contributed by atoms with van der Waals surface area (Å²) in [6.45, 7) is 4.56. The van der Waals surface area contributed by atoms with Crippen molar-refractivity contribution in [3.63, 3.8) is 0 Å². The van der Waals surface area contributed by atoms with Crippen molar-refractivity contribution in [2.75, 3.05) is 18.1 Å². The summed E-state index contributed by atoms with van der Waals surface area (Å²) >= 11 is 0. The first-order valence-corrected chi connectivity index (χ1v) is 9.70. The SMILES string of the molecule is CC(C)(C(=O)c1ccc(OC2CCOC2=O)cc1)[S+]1CCCC1. The van der Waals surface area contributed by atoms with Gasteiger partial charge in [0.25, 0.3) is 0 Å². The lowest BCUT2D eigenvalue weighted by Gasteiger charge is -2.22. The number of Topliss-reactive ketones (excluding diaryl/α,β-unsaturated/α-hetero) is 1. The van der Waals surface area contributed by atoms with Crippen molar-refractivity contribution < 1.29 is 19.1 Å². The van der Waals surface area contributed by atoms with E-state index in [0.717, 1.165) is 5.56 Å². The molecule has 2 saturated heterocycles. The lowest BCUT2D eigenvalue weighted by Crippen LogP contribution is -2.41. The third-order valence-electron chi connectivity index (χ3n) is 4.58. The van der Waals surface area contributed by atoms with Crippen LogP contribution in [0.1, 0.15) is 43.5 Å². The maximum atomic E-state index is 12.9. The van der Waals surface area contributed by atoms with Crippen molar-refractivity contribution in [2.24, 2.45) is 0 Å². The number of ketones is 1. The van der Waals surface area contributed by atoms with Crippen molar-refractivity contribution in [3.8, 4) is 5.75 Å². The molecule has 124 valence electrons. The van der Waals surface area contributed by atoms with Gasteiger partial charge in [-0.2, -0.15) is 0 Å². The molecule has 2 fully saturated rings. The van der Waals surface area contributed by atoms with E-state index in [4.69, 9.17) is 9.47 Å². The second-order valence-corrected chi connectivity index (χ2v) is 9.36. The molecule has 0 bridgehead atoms. The summed E-state index contributed by atoms with van der Waals surface area (Å²) in [7, 11) is 0.176. The Labute approximate surface area is 139 Å². The van der Waals surface area contributed by atoms with E-state index in [-0.39, 0.29) is 27.4 Å². The Morgan fingerprint density at radius 1 is 1.22 bits per heavy atom. The normalized spacial score (nSPS) is 22.2. The summed E-state index contributed by atoms with van der Waals surface area (Å²) in [5.41, 5.74) is 0.718. The first-order valence-electron chi connectivity index (χ1n) is 8.14. The summed E-state index contributed by atoms with van der Waals surface area (Å²) < 4.78 is 10.2. The molecule has 0 saturated carbocycles. The summed E-state index contributed by atoms with van der Waals surface area (Å²) in [5, 5.41) is 0. The van der Waals surface area contributed by atoms with Crippen LogP contribution in [0, 0.1) is 0 Å². The van der Waals surface area contributed by atoms with Gasteiger partial charge in [-0.15, -0.1) is 0 Å². The van der Waals surface area contributed by atoms with Crippen LogP contribution in [-0.4, -0.2) is 40.7 Å². The van der Waals surface area contributed by atoms with Crippen LogP contribution >= 0.6 is 0 Å². The Balaban J connectivity index is 1.68. The van der Waals surface area contributed by atoms with Gasteiger partial charge in [0, 0.05) is 22.9 Å². The standard InChI is InChI=1S/C18H23O4S/c1-18(2,23-11-3-4-12-23)16(19)13-5-7-14(8-6-13)22-15-9-10-21-17(15)20/h5-8,15H,3-4,9-12H2,1-2H3/q+1. The van der Waals surface area contributed by atoms with Crippen LogP contribution < -0.4 is 4.74 Å². The Hall–Kier alpha value is -1.49. The molecule has 1 atom stereocenters. The lowest BCUT2D eigenvalue weighted by atomic mass is 10.0. The molecule has 2 aliphatic heterocycles. The van der Waals surface area contributed by atoms with Crippen LogP contribution in [-0.2, 0) is 20.4 Å². The molecule has 2 aliphatic rings. The fourth-order valence-electron chi connectivity index (χ4n) is 3.08. The Bertz CT molecular complexity index is 588. The number of hydrogen-bond donors (Lipinski definition) is 0. The van der Waals surface area contributed by atoms with Crippen LogP contribution in [0.15, 0.2) is 24.3 Å².